The van der Waals surface area contributed by atoms with Gasteiger partial charge in [-0.25, -0.2) is 0 Å². The van der Waals surface area contributed by atoms with Crippen molar-refractivity contribution in [1.29, 1.82) is 0 Å². The van der Waals surface area contributed by atoms with Gasteiger partial charge in [0.05, 0.1) is 19.1 Å². The van der Waals surface area contributed by atoms with Crippen LogP contribution >= 0.6 is 0 Å². The maximum absolute atomic E-state index is 12.2. The maximum Gasteiger partial charge on any atom is 0.224 e. The van der Waals surface area contributed by atoms with Crippen molar-refractivity contribution in [2.75, 3.05) is 26.3 Å². The van der Waals surface area contributed by atoms with Crippen molar-refractivity contribution >= 4 is 5.91 Å². The summed E-state index contributed by atoms with van der Waals surface area (Å²) in [5.74, 6) is 0.717. The molecule has 1 aliphatic heterocycles. The molecule has 2 heterocycles. The Labute approximate surface area is 120 Å². The molecule has 0 N–H and O–H groups in total. The second kappa shape index (κ2) is 7.43. The van der Waals surface area contributed by atoms with Crippen LogP contribution in [0.1, 0.15) is 39.2 Å². The van der Waals surface area contributed by atoms with E-state index in [2.05, 4.69) is 18.9 Å². The summed E-state index contributed by atoms with van der Waals surface area (Å²) in [5, 5.41) is 4.28. The number of ether oxygens (including phenoxy) is 1. The molecule has 0 radical (unpaired) electrons. The zero-order chi connectivity index (χ0) is 14.4. The molecule has 1 amide bonds. The van der Waals surface area contributed by atoms with Crippen LogP contribution in [0.15, 0.2) is 18.5 Å². The number of carbonyl (C=O) groups is 1. The van der Waals surface area contributed by atoms with Crippen LogP contribution in [-0.2, 0) is 9.53 Å². The van der Waals surface area contributed by atoms with E-state index in [9.17, 15) is 4.79 Å². The van der Waals surface area contributed by atoms with Gasteiger partial charge in [-0.1, -0.05) is 13.8 Å². The topological polar surface area (TPSA) is 47.4 Å². The summed E-state index contributed by atoms with van der Waals surface area (Å²) in [7, 11) is 0. The lowest BCUT2D eigenvalue weighted by Gasteiger charge is -2.33. The average Bonchev–Trinajstić information content (AvgIpc) is 2.97. The van der Waals surface area contributed by atoms with Crippen LogP contribution in [0.5, 0.6) is 0 Å². The molecular weight excluding hydrogens is 254 g/mol. The molecule has 0 bridgehead atoms. The number of hydrogen-bond acceptors (Lipinski definition) is 3. The number of amides is 1. The van der Waals surface area contributed by atoms with Gasteiger partial charge in [0, 0.05) is 32.1 Å². The van der Waals surface area contributed by atoms with Crippen molar-refractivity contribution in [1.82, 2.24) is 14.7 Å². The van der Waals surface area contributed by atoms with Gasteiger partial charge in [0.15, 0.2) is 0 Å². The van der Waals surface area contributed by atoms with Crippen LogP contribution in [0.4, 0.5) is 0 Å². The Morgan fingerprint density at radius 2 is 2.35 bits per heavy atom. The van der Waals surface area contributed by atoms with Crippen molar-refractivity contribution in [2.24, 2.45) is 5.92 Å². The van der Waals surface area contributed by atoms with E-state index in [1.165, 1.54) is 0 Å². The van der Waals surface area contributed by atoms with E-state index in [4.69, 9.17) is 4.74 Å². The molecule has 1 aromatic rings. The highest BCUT2D eigenvalue weighted by Gasteiger charge is 2.24. The second-order valence-electron chi connectivity index (χ2n) is 5.84. The van der Waals surface area contributed by atoms with Gasteiger partial charge in [-0.2, -0.15) is 5.10 Å². The van der Waals surface area contributed by atoms with Gasteiger partial charge in [0.2, 0.25) is 5.91 Å². The van der Waals surface area contributed by atoms with Crippen molar-refractivity contribution in [2.45, 2.75) is 39.2 Å². The van der Waals surface area contributed by atoms with E-state index in [0.29, 0.717) is 25.0 Å². The number of likely N-dealkylation sites (tertiary alicyclic amines) is 1. The van der Waals surface area contributed by atoms with Gasteiger partial charge in [-0.3, -0.25) is 9.48 Å². The van der Waals surface area contributed by atoms with Crippen molar-refractivity contribution in [3.8, 4) is 0 Å². The summed E-state index contributed by atoms with van der Waals surface area (Å²) >= 11 is 0. The average molecular weight is 279 g/mol. The molecule has 0 spiro atoms. The first-order chi connectivity index (χ1) is 9.66. The van der Waals surface area contributed by atoms with E-state index in [0.717, 1.165) is 32.5 Å². The molecule has 1 saturated heterocycles. The molecule has 0 unspecified atom stereocenters. The number of carbonyl (C=O) groups excluding carboxylic acids is 1. The first-order valence-corrected chi connectivity index (χ1v) is 7.51. The Morgan fingerprint density at radius 3 is 3.05 bits per heavy atom. The van der Waals surface area contributed by atoms with Crippen LogP contribution < -0.4 is 0 Å². The normalized spacial score (nSPS) is 19.6. The fourth-order valence-corrected chi connectivity index (χ4v) is 2.53. The third-order valence-electron chi connectivity index (χ3n) is 3.56. The van der Waals surface area contributed by atoms with Gasteiger partial charge in [0.1, 0.15) is 0 Å². The Bertz CT molecular complexity index is 403. The first kappa shape index (κ1) is 15.0. The van der Waals surface area contributed by atoms with Gasteiger partial charge in [0.25, 0.3) is 0 Å². The lowest BCUT2D eigenvalue weighted by molar-refractivity contribution is -0.134. The lowest BCUT2D eigenvalue weighted by atomic mass is 10.1. The third kappa shape index (κ3) is 4.34. The summed E-state index contributed by atoms with van der Waals surface area (Å²) in [5.41, 5.74) is 0. The van der Waals surface area contributed by atoms with Gasteiger partial charge < -0.3 is 9.64 Å². The van der Waals surface area contributed by atoms with Gasteiger partial charge >= 0.3 is 0 Å². The molecule has 1 atom stereocenters. The van der Waals surface area contributed by atoms with Gasteiger partial charge in [-0.05, 0) is 24.8 Å². The zero-order valence-corrected chi connectivity index (χ0v) is 12.5. The minimum Gasteiger partial charge on any atom is -0.381 e. The predicted molar refractivity (Wildman–Crippen MR) is 77.4 cm³/mol. The molecule has 1 aromatic heterocycles. The smallest absolute Gasteiger partial charge is 0.224 e. The van der Waals surface area contributed by atoms with Crippen molar-refractivity contribution < 1.29 is 9.53 Å². The molecular formula is C15H25N3O2. The number of aromatic nitrogens is 2. The number of nitrogens with zero attached hydrogens (tertiary/aromatic N) is 3. The number of piperidine rings is 1. The largest absolute Gasteiger partial charge is 0.381 e. The molecule has 0 saturated carbocycles. The molecule has 1 aliphatic rings. The van der Waals surface area contributed by atoms with Crippen LogP contribution in [0.2, 0.25) is 0 Å². The standard InChI is InChI=1S/C15H25N3O2/c1-13(2)12-20-10-6-15(19)17-8-3-5-14(11-17)18-9-4-7-16-18/h4,7,9,13-14H,3,5-6,8,10-12H2,1-2H3/t14-/m0/s1. The van der Waals surface area contributed by atoms with E-state index < -0.39 is 0 Å². The SMILES string of the molecule is CC(C)COCCC(=O)N1CCC[C@H](n2cccn2)C1. The van der Waals surface area contributed by atoms with Crippen LogP contribution in [0.3, 0.4) is 0 Å². The second-order valence-corrected chi connectivity index (χ2v) is 5.84. The summed E-state index contributed by atoms with van der Waals surface area (Å²) < 4.78 is 7.46. The Kier molecular flexibility index (Phi) is 5.59. The van der Waals surface area contributed by atoms with Crippen molar-refractivity contribution in [3.63, 3.8) is 0 Å². The fourth-order valence-electron chi connectivity index (χ4n) is 2.53. The molecule has 20 heavy (non-hydrogen) atoms. The van der Waals surface area contributed by atoms with E-state index in [-0.39, 0.29) is 5.91 Å². The Hall–Kier alpha value is -1.36. The highest BCUT2D eigenvalue weighted by atomic mass is 16.5. The summed E-state index contributed by atoms with van der Waals surface area (Å²) in [6, 6.07) is 2.25. The third-order valence-corrected chi connectivity index (χ3v) is 3.56. The zero-order valence-electron chi connectivity index (χ0n) is 12.5. The summed E-state index contributed by atoms with van der Waals surface area (Å²) in [6.07, 6.45) is 6.39. The van der Waals surface area contributed by atoms with Crippen LogP contribution in [-0.4, -0.2) is 46.9 Å². The number of rotatable bonds is 6. The van der Waals surface area contributed by atoms with Crippen LogP contribution in [0.25, 0.3) is 0 Å². The maximum atomic E-state index is 12.2. The van der Waals surface area contributed by atoms with Crippen molar-refractivity contribution in [3.05, 3.63) is 18.5 Å². The van der Waals surface area contributed by atoms with E-state index >= 15 is 0 Å². The molecule has 5 heteroatoms. The monoisotopic (exact) mass is 279 g/mol. The highest BCUT2D eigenvalue weighted by Crippen LogP contribution is 2.21. The lowest BCUT2D eigenvalue weighted by Crippen LogP contribution is -2.41. The Balaban J connectivity index is 1.75. The minimum absolute atomic E-state index is 0.200. The quantitative estimate of drug-likeness (QED) is 0.749. The molecule has 5 nitrogen and oxygen atoms in total. The molecule has 0 aromatic carbocycles. The highest BCUT2D eigenvalue weighted by molar-refractivity contribution is 5.76. The molecule has 2 rings (SSSR count). The Morgan fingerprint density at radius 1 is 1.50 bits per heavy atom. The molecule has 1 fully saturated rings. The minimum atomic E-state index is 0.200. The summed E-state index contributed by atoms with van der Waals surface area (Å²) in [4.78, 5) is 14.1. The molecule has 0 aliphatic carbocycles. The predicted octanol–water partition coefficient (Wildman–Crippen LogP) is 2.11. The molecule has 112 valence electrons. The van der Waals surface area contributed by atoms with Crippen LogP contribution in [0, 0.1) is 5.92 Å². The van der Waals surface area contributed by atoms with E-state index in [1.807, 2.05) is 21.8 Å². The first-order valence-electron chi connectivity index (χ1n) is 7.51. The summed E-state index contributed by atoms with van der Waals surface area (Å²) in [6.45, 7) is 7.11. The fraction of sp³-hybridized carbons (Fsp3) is 0.733. The van der Waals surface area contributed by atoms with E-state index in [1.54, 1.807) is 6.20 Å². The van der Waals surface area contributed by atoms with Gasteiger partial charge in [-0.15, -0.1) is 0 Å². The number of hydrogen-bond donors (Lipinski definition) is 0.